The second-order valence-electron chi connectivity index (χ2n) is 11.0. The first-order chi connectivity index (χ1) is 19.0. The minimum atomic E-state index is -1.19. The van der Waals surface area contributed by atoms with Gasteiger partial charge >= 0.3 is 12.1 Å². The average Bonchev–Trinajstić information content (AvgIpc) is 3.23. The van der Waals surface area contributed by atoms with Crippen molar-refractivity contribution < 1.29 is 29.0 Å². The molecule has 0 spiro atoms. The van der Waals surface area contributed by atoms with Crippen LogP contribution in [0.4, 0.5) is 4.79 Å². The number of alkyl carbamates (subject to hydrolysis) is 1. The monoisotopic (exact) mass is 544 g/mol. The molecule has 3 atom stereocenters. The Bertz CT molecular complexity index is 1310. The molecule has 8 heteroatoms. The van der Waals surface area contributed by atoms with Crippen LogP contribution < -0.4 is 10.6 Å². The third-order valence-electron chi connectivity index (χ3n) is 6.81. The molecule has 0 bridgehead atoms. The van der Waals surface area contributed by atoms with E-state index < -0.39 is 41.8 Å². The number of hydrogen-bond acceptors (Lipinski definition) is 5. The number of carbonyl (C=O) groups is 3. The van der Waals surface area contributed by atoms with Crippen molar-refractivity contribution in [1.29, 1.82) is 0 Å². The first-order valence-electron chi connectivity index (χ1n) is 13.4. The Labute approximate surface area is 234 Å². The minimum Gasteiger partial charge on any atom is -0.480 e. The van der Waals surface area contributed by atoms with Crippen molar-refractivity contribution in [2.45, 2.75) is 63.8 Å². The van der Waals surface area contributed by atoms with Gasteiger partial charge in [0.05, 0.1) is 11.7 Å². The molecule has 8 nitrogen and oxygen atoms in total. The molecular weight excluding hydrogens is 508 g/mol. The van der Waals surface area contributed by atoms with E-state index in [1.54, 1.807) is 31.2 Å². The number of ether oxygens (including phenoxy) is 2. The highest BCUT2D eigenvalue weighted by molar-refractivity contribution is 5.90. The van der Waals surface area contributed by atoms with Crippen molar-refractivity contribution in [2.75, 3.05) is 6.61 Å². The van der Waals surface area contributed by atoms with Crippen molar-refractivity contribution in [3.63, 3.8) is 0 Å². The summed E-state index contributed by atoms with van der Waals surface area (Å²) in [6.07, 6.45) is -1.47. The Morgan fingerprint density at radius 2 is 1.40 bits per heavy atom. The first kappa shape index (κ1) is 28.8. The molecule has 0 fully saturated rings. The van der Waals surface area contributed by atoms with E-state index in [9.17, 15) is 19.5 Å². The Balaban J connectivity index is 1.47. The van der Waals surface area contributed by atoms with E-state index in [4.69, 9.17) is 9.47 Å². The summed E-state index contributed by atoms with van der Waals surface area (Å²) < 4.78 is 11.6. The number of nitrogens with one attached hydrogen (secondary N) is 2. The van der Waals surface area contributed by atoms with Gasteiger partial charge in [0.1, 0.15) is 18.7 Å². The molecule has 0 saturated carbocycles. The maximum Gasteiger partial charge on any atom is 0.407 e. The van der Waals surface area contributed by atoms with Gasteiger partial charge in [0, 0.05) is 12.3 Å². The lowest BCUT2D eigenvalue weighted by Crippen LogP contribution is -2.57. The van der Waals surface area contributed by atoms with Gasteiger partial charge in [0.25, 0.3) is 0 Å². The summed E-state index contributed by atoms with van der Waals surface area (Å²) in [5.74, 6) is -1.99. The van der Waals surface area contributed by atoms with E-state index in [0.29, 0.717) is 0 Å². The number of rotatable bonds is 10. The molecule has 0 aromatic heterocycles. The molecule has 1 aliphatic carbocycles. The summed E-state index contributed by atoms with van der Waals surface area (Å²) >= 11 is 0. The molecule has 210 valence electrons. The number of hydrogen-bond donors (Lipinski definition) is 3. The smallest absolute Gasteiger partial charge is 0.407 e. The molecule has 3 aromatic rings. The molecule has 3 N–H and O–H groups in total. The van der Waals surface area contributed by atoms with Gasteiger partial charge in [-0.15, -0.1) is 0 Å². The molecule has 40 heavy (non-hydrogen) atoms. The van der Waals surface area contributed by atoms with Gasteiger partial charge in [-0.1, -0.05) is 78.9 Å². The molecule has 3 aromatic carbocycles. The van der Waals surface area contributed by atoms with Crippen molar-refractivity contribution in [3.8, 4) is 11.1 Å². The number of carboxylic acids is 1. The van der Waals surface area contributed by atoms with Gasteiger partial charge in [-0.3, -0.25) is 4.79 Å². The predicted molar refractivity (Wildman–Crippen MR) is 152 cm³/mol. The van der Waals surface area contributed by atoms with Gasteiger partial charge in [-0.25, -0.2) is 9.59 Å². The zero-order chi connectivity index (χ0) is 28.9. The fraction of sp³-hybridized carbons (Fsp3) is 0.344. The number of carboxylic acid groups (broad SMARTS) is 1. The summed E-state index contributed by atoms with van der Waals surface area (Å²) in [4.78, 5) is 38.4. The Hall–Kier alpha value is -4.17. The highest BCUT2D eigenvalue weighted by atomic mass is 16.6. The maximum atomic E-state index is 13.4. The van der Waals surface area contributed by atoms with Gasteiger partial charge in [0.15, 0.2) is 0 Å². The molecule has 2 amide bonds. The molecule has 0 aliphatic heterocycles. The van der Waals surface area contributed by atoms with Crippen molar-refractivity contribution >= 4 is 18.0 Å². The van der Waals surface area contributed by atoms with Crippen LogP contribution in [0.5, 0.6) is 0 Å². The average molecular weight is 545 g/mol. The van der Waals surface area contributed by atoms with Crippen LogP contribution in [0, 0.1) is 0 Å². The van der Waals surface area contributed by atoms with E-state index in [-0.39, 0.29) is 18.9 Å². The number of carbonyl (C=O) groups excluding carboxylic acids is 2. The quantitative estimate of drug-likeness (QED) is 0.334. The lowest BCUT2D eigenvalue weighted by molar-refractivity contribution is -0.143. The third kappa shape index (κ3) is 7.07. The van der Waals surface area contributed by atoms with Crippen molar-refractivity contribution in [1.82, 2.24) is 10.6 Å². The van der Waals surface area contributed by atoms with E-state index in [1.165, 1.54) is 0 Å². The fourth-order valence-corrected chi connectivity index (χ4v) is 5.10. The molecule has 1 aliphatic rings. The molecular formula is C32H36N2O6. The van der Waals surface area contributed by atoms with Gasteiger partial charge in [-0.2, -0.15) is 0 Å². The zero-order valence-electron chi connectivity index (χ0n) is 23.2. The van der Waals surface area contributed by atoms with E-state index >= 15 is 0 Å². The number of aliphatic carboxylic acids is 1. The minimum absolute atomic E-state index is 0.0778. The number of fused-ring (bicyclic) bond motifs is 3. The van der Waals surface area contributed by atoms with Crippen LogP contribution in [-0.2, 0) is 25.5 Å². The number of amides is 2. The predicted octanol–water partition coefficient (Wildman–Crippen LogP) is 4.91. The third-order valence-corrected chi connectivity index (χ3v) is 6.81. The van der Waals surface area contributed by atoms with E-state index in [0.717, 1.165) is 27.8 Å². The highest BCUT2D eigenvalue weighted by Gasteiger charge is 2.35. The number of benzene rings is 3. The van der Waals surface area contributed by atoms with Crippen LogP contribution in [-0.4, -0.2) is 53.5 Å². The van der Waals surface area contributed by atoms with E-state index in [2.05, 4.69) is 22.8 Å². The van der Waals surface area contributed by atoms with Crippen LogP contribution in [0.15, 0.2) is 78.9 Å². The van der Waals surface area contributed by atoms with E-state index in [1.807, 2.05) is 63.2 Å². The maximum absolute atomic E-state index is 13.4. The summed E-state index contributed by atoms with van der Waals surface area (Å²) in [7, 11) is 0. The lowest BCUT2D eigenvalue weighted by atomic mass is 9.98. The Morgan fingerprint density at radius 3 is 1.95 bits per heavy atom. The van der Waals surface area contributed by atoms with Gasteiger partial charge in [-0.05, 0) is 55.5 Å². The topological polar surface area (TPSA) is 114 Å². The first-order valence-corrected chi connectivity index (χ1v) is 13.4. The standard InChI is InChI=1S/C32H36N2O6/c1-20(40-32(2,3)4)28(29(35)33-27(30(36)37)18-21-12-6-5-7-13-21)34-31(38)39-19-26-24-16-10-8-14-22(24)23-15-9-11-17-25(23)26/h5-17,20,26-28H,18-19H2,1-4H3,(H,33,35)(H,34,38)(H,36,37)/t20-,27-,28+/m1/s1. The second kappa shape index (κ2) is 12.3. The van der Waals surface area contributed by atoms with Crippen LogP contribution in [0.3, 0.4) is 0 Å². The zero-order valence-corrected chi connectivity index (χ0v) is 23.2. The molecule has 0 unspecified atom stereocenters. The Morgan fingerprint density at radius 1 is 0.850 bits per heavy atom. The SMILES string of the molecule is C[C@@H](OC(C)(C)C)[C@H](NC(=O)OCC1c2ccccc2-c2ccccc21)C(=O)N[C@H](Cc1ccccc1)C(=O)O. The van der Waals surface area contributed by atoms with Crippen LogP contribution >= 0.6 is 0 Å². The van der Waals surface area contributed by atoms with Crippen molar-refractivity contribution in [3.05, 3.63) is 95.6 Å². The molecule has 0 saturated heterocycles. The van der Waals surface area contributed by atoms with Gasteiger partial charge < -0.3 is 25.2 Å². The van der Waals surface area contributed by atoms with Crippen molar-refractivity contribution in [2.24, 2.45) is 0 Å². The van der Waals surface area contributed by atoms with Crippen LogP contribution in [0.1, 0.15) is 50.3 Å². The summed E-state index contributed by atoms with van der Waals surface area (Å²) in [6.45, 7) is 7.24. The molecule has 0 radical (unpaired) electrons. The largest absolute Gasteiger partial charge is 0.480 e. The summed E-state index contributed by atoms with van der Waals surface area (Å²) in [5, 5.41) is 15.0. The van der Waals surface area contributed by atoms with Crippen LogP contribution in [0.25, 0.3) is 11.1 Å². The van der Waals surface area contributed by atoms with Gasteiger partial charge in [0.2, 0.25) is 5.91 Å². The summed E-state index contributed by atoms with van der Waals surface area (Å²) in [5.41, 5.74) is 4.50. The molecule has 4 rings (SSSR count). The lowest BCUT2D eigenvalue weighted by Gasteiger charge is -2.31. The van der Waals surface area contributed by atoms with Crippen LogP contribution in [0.2, 0.25) is 0 Å². The molecule has 0 heterocycles. The second-order valence-corrected chi connectivity index (χ2v) is 11.0. The normalized spacial score (nSPS) is 14.8. The Kier molecular flexibility index (Phi) is 8.90. The highest BCUT2D eigenvalue weighted by Crippen LogP contribution is 2.44. The summed E-state index contributed by atoms with van der Waals surface area (Å²) in [6, 6.07) is 22.7. The fourth-order valence-electron chi connectivity index (χ4n) is 5.10.